The monoisotopic (exact) mass is 221 g/mol. The molecule has 0 radical (unpaired) electrons. The van der Waals surface area contributed by atoms with Crippen LogP contribution in [0.25, 0.3) is 0 Å². The van der Waals surface area contributed by atoms with Crippen molar-refractivity contribution >= 4 is 5.97 Å². The SMILES string of the molecule is CC1C(CCC(=O)O)=CC=C2CC(N)CC21. The molecule has 16 heavy (non-hydrogen) atoms. The van der Waals surface area contributed by atoms with Gasteiger partial charge in [-0.2, -0.15) is 0 Å². The lowest BCUT2D eigenvalue weighted by Crippen LogP contribution is -2.19. The molecule has 0 amide bonds. The van der Waals surface area contributed by atoms with Gasteiger partial charge in [0.25, 0.3) is 0 Å². The van der Waals surface area contributed by atoms with Gasteiger partial charge < -0.3 is 10.8 Å². The maximum Gasteiger partial charge on any atom is 0.303 e. The smallest absolute Gasteiger partial charge is 0.303 e. The third kappa shape index (κ3) is 2.19. The van der Waals surface area contributed by atoms with Gasteiger partial charge in [0.15, 0.2) is 0 Å². The van der Waals surface area contributed by atoms with Crippen molar-refractivity contribution in [2.75, 3.05) is 0 Å². The lowest BCUT2D eigenvalue weighted by Gasteiger charge is -2.27. The van der Waals surface area contributed by atoms with Gasteiger partial charge in [-0.1, -0.05) is 30.2 Å². The fourth-order valence-corrected chi connectivity index (χ4v) is 2.92. The van der Waals surface area contributed by atoms with Gasteiger partial charge in [-0.15, -0.1) is 0 Å². The summed E-state index contributed by atoms with van der Waals surface area (Å²) >= 11 is 0. The molecule has 3 atom stereocenters. The van der Waals surface area contributed by atoms with Crippen LogP contribution in [0.5, 0.6) is 0 Å². The molecule has 0 aromatic carbocycles. The highest BCUT2D eigenvalue weighted by Gasteiger charge is 2.33. The minimum Gasteiger partial charge on any atom is -0.481 e. The van der Waals surface area contributed by atoms with Gasteiger partial charge in [-0.3, -0.25) is 4.79 Å². The van der Waals surface area contributed by atoms with Gasteiger partial charge in [0.1, 0.15) is 0 Å². The number of carbonyl (C=O) groups is 1. The van der Waals surface area contributed by atoms with Crippen molar-refractivity contribution in [3.63, 3.8) is 0 Å². The fraction of sp³-hybridized carbons (Fsp3) is 0.615. The minimum absolute atomic E-state index is 0.234. The van der Waals surface area contributed by atoms with E-state index < -0.39 is 5.97 Å². The topological polar surface area (TPSA) is 63.3 Å². The van der Waals surface area contributed by atoms with Gasteiger partial charge >= 0.3 is 5.97 Å². The Hall–Kier alpha value is -1.09. The molecular weight excluding hydrogens is 202 g/mol. The molecule has 0 bridgehead atoms. The lowest BCUT2D eigenvalue weighted by atomic mass is 9.78. The van der Waals surface area contributed by atoms with E-state index in [0.717, 1.165) is 12.8 Å². The Kier molecular flexibility index (Phi) is 3.15. The number of rotatable bonds is 3. The highest BCUT2D eigenvalue weighted by atomic mass is 16.4. The molecule has 0 heterocycles. The maximum absolute atomic E-state index is 10.6. The molecule has 3 N–H and O–H groups in total. The van der Waals surface area contributed by atoms with Crippen LogP contribution in [-0.4, -0.2) is 17.1 Å². The first kappa shape index (κ1) is 11.4. The molecule has 0 aromatic rings. The van der Waals surface area contributed by atoms with Crippen molar-refractivity contribution in [3.05, 3.63) is 23.3 Å². The van der Waals surface area contributed by atoms with E-state index in [0.29, 0.717) is 24.3 Å². The molecule has 3 unspecified atom stereocenters. The van der Waals surface area contributed by atoms with Gasteiger partial charge in [0.2, 0.25) is 0 Å². The average molecular weight is 221 g/mol. The molecule has 2 aliphatic rings. The van der Waals surface area contributed by atoms with Crippen LogP contribution in [0, 0.1) is 11.8 Å². The van der Waals surface area contributed by atoms with E-state index in [-0.39, 0.29) is 6.42 Å². The highest BCUT2D eigenvalue weighted by molar-refractivity contribution is 5.67. The van der Waals surface area contributed by atoms with Crippen molar-refractivity contribution < 1.29 is 9.90 Å². The van der Waals surface area contributed by atoms with Crippen LogP contribution in [-0.2, 0) is 4.79 Å². The number of fused-ring (bicyclic) bond motifs is 1. The highest BCUT2D eigenvalue weighted by Crippen LogP contribution is 2.42. The van der Waals surface area contributed by atoms with Gasteiger partial charge in [-0.05, 0) is 31.1 Å². The number of nitrogens with two attached hydrogens (primary N) is 1. The van der Waals surface area contributed by atoms with E-state index >= 15 is 0 Å². The van der Waals surface area contributed by atoms with E-state index in [2.05, 4.69) is 19.1 Å². The predicted octanol–water partition coefficient (Wildman–Crippen LogP) is 2.09. The van der Waals surface area contributed by atoms with Crippen molar-refractivity contribution in [3.8, 4) is 0 Å². The molecule has 3 nitrogen and oxygen atoms in total. The molecule has 0 aromatic heterocycles. The molecule has 2 aliphatic carbocycles. The van der Waals surface area contributed by atoms with Crippen molar-refractivity contribution in [1.82, 2.24) is 0 Å². The van der Waals surface area contributed by atoms with Crippen molar-refractivity contribution in [2.24, 2.45) is 17.6 Å². The standard InChI is InChI=1S/C13H19NO2/c1-8-9(4-5-13(15)16)2-3-10-6-11(14)7-12(8)10/h2-3,8,11-12H,4-7,14H2,1H3,(H,15,16). The minimum atomic E-state index is -0.717. The molecule has 3 heteroatoms. The van der Waals surface area contributed by atoms with Crippen LogP contribution in [0.15, 0.2) is 23.3 Å². The van der Waals surface area contributed by atoms with E-state index in [4.69, 9.17) is 10.8 Å². The van der Waals surface area contributed by atoms with E-state index in [1.165, 1.54) is 11.1 Å². The van der Waals surface area contributed by atoms with Gasteiger partial charge in [0.05, 0.1) is 0 Å². The summed E-state index contributed by atoms with van der Waals surface area (Å²) in [6.45, 7) is 2.20. The predicted molar refractivity (Wildman–Crippen MR) is 62.9 cm³/mol. The second kappa shape index (κ2) is 4.42. The van der Waals surface area contributed by atoms with Gasteiger partial charge in [0, 0.05) is 12.5 Å². The molecule has 1 saturated carbocycles. The van der Waals surface area contributed by atoms with Crippen LogP contribution in [0.2, 0.25) is 0 Å². The zero-order valence-corrected chi connectivity index (χ0v) is 9.65. The number of allylic oxidation sites excluding steroid dienone is 3. The van der Waals surface area contributed by atoms with Crippen LogP contribution in [0.3, 0.4) is 0 Å². The van der Waals surface area contributed by atoms with Gasteiger partial charge in [-0.25, -0.2) is 0 Å². The second-order valence-electron chi connectivity index (χ2n) is 4.97. The van der Waals surface area contributed by atoms with Crippen molar-refractivity contribution in [1.29, 1.82) is 0 Å². The number of hydrogen-bond donors (Lipinski definition) is 2. The Morgan fingerprint density at radius 2 is 2.31 bits per heavy atom. The normalized spacial score (nSPS) is 33.0. The zero-order chi connectivity index (χ0) is 11.7. The first-order chi connectivity index (χ1) is 7.58. The first-order valence-electron chi connectivity index (χ1n) is 5.95. The molecule has 0 saturated heterocycles. The Bertz CT molecular complexity index is 357. The molecule has 0 aliphatic heterocycles. The summed E-state index contributed by atoms with van der Waals surface area (Å²) < 4.78 is 0. The van der Waals surface area contributed by atoms with Crippen LogP contribution < -0.4 is 5.73 Å². The summed E-state index contributed by atoms with van der Waals surface area (Å²) in [5.74, 6) is 0.308. The largest absolute Gasteiger partial charge is 0.481 e. The summed E-state index contributed by atoms with van der Waals surface area (Å²) in [6, 6.07) is 0.297. The van der Waals surface area contributed by atoms with Crippen LogP contribution in [0.1, 0.15) is 32.6 Å². The van der Waals surface area contributed by atoms with E-state index in [1.54, 1.807) is 0 Å². The summed E-state index contributed by atoms with van der Waals surface area (Å²) in [5, 5.41) is 8.70. The maximum atomic E-state index is 10.6. The summed E-state index contributed by atoms with van der Waals surface area (Å²) in [5.41, 5.74) is 8.69. The molecule has 1 fully saturated rings. The van der Waals surface area contributed by atoms with Crippen LogP contribution >= 0.6 is 0 Å². The second-order valence-corrected chi connectivity index (χ2v) is 4.97. The Labute approximate surface area is 96.0 Å². The summed E-state index contributed by atoms with van der Waals surface area (Å²) in [6.07, 6.45) is 7.24. The lowest BCUT2D eigenvalue weighted by molar-refractivity contribution is -0.136. The van der Waals surface area contributed by atoms with Crippen molar-refractivity contribution in [2.45, 2.75) is 38.6 Å². The third-order valence-electron chi connectivity index (χ3n) is 3.86. The molecule has 2 rings (SSSR count). The first-order valence-corrected chi connectivity index (χ1v) is 5.95. The molecule has 0 spiro atoms. The Balaban J connectivity index is 2.05. The number of aliphatic carboxylic acids is 1. The average Bonchev–Trinajstić information content (AvgIpc) is 2.58. The fourth-order valence-electron chi connectivity index (χ4n) is 2.92. The Morgan fingerprint density at radius 1 is 1.56 bits per heavy atom. The zero-order valence-electron chi connectivity index (χ0n) is 9.65. The summed E-state index contributed by atoms with van der Waals surface area (Å²) in [7, 11) is 0. The third-order valence-corrected chi connectivity index (χ3v) is 3.86. The Morgan fingerprint density at radius 3 is 3.00 bits per heavy atom. The number of carboxylic acids is 1. The van der Waals surface area contributed by atoms with E-state index in [9.17, 15) is 4.79 Å². The summed E-state index contributed by atoms with van der Waals surface area (Å²) in [4.78, 5) is 10.6. The molecule has 88 valence electrons. The number of carboxylic acid groups (broad SMARTS) is 1. The quantitative estimate of drug-likeness (QED) is 0.767. The molecular formula is C13H19NO2. The van der Waals surface area contributed by atoms with E-state index in [1.807, 2.05) is 0 Å². The van der Waals surface area contributed by atoms with Crippen LogP contribution in [0.4, 0.5) is 0 Å². The number of hydrogen-bond acceptors (Lipinski definition) is 2.